The summed E-state index contributed by atoms with van der Waals surface area (Å²) in [5.74, 6) is 0.551. The van der Waals surface area contributed by atoms with E-state index in [1.165, 1.54) is 13.2 Å². The summed E-state index contributed by atoms with van der Waals surface area (Å²) in [4.78, 5) is 0. The second-order valence-electron chi connectivity index (χ2n) is 4.49. The van der Waals surface area contributed by atoms with Crippen LogP contribution < -0.4 is 5.32 Å². The first kappa shape index (κ1) is 14.4. The topological polar surface area (TPSA) is 47.7 Å². The van der Waals surface area contributed by atoms with Crippen molar-refractivity contribution in [1.29, 1.82) is 0 Å². The van der Waals surface area contributed by atoms with Gasteiger partial charge in [-0.05, 0) is 6.42 Å². The Kier molecular flexibility index (Phi) is 4.01. The van der Waals surface area contributed by atoms with Crippen LogP contribution in [0.5, 0.6) is 0 Å². The molecule has 20 heavy (non-hydrogen) atoms. The molecule has 0 aliphatic carbocycles. The summed E-state index contributed by atoms with van der Waals surface area (Å²) in [5.41, 5.74) is -0.759. The van der Waals surface area contributed by atoms with E-state index < -0.39 is 11.9 Å². The molecule has 0 amide bonds. The van der Waals surface area contributed by atoms with Gasteiger partial charge in [-0.3, -0.25) is 9.36 Å². The number of nitrogens with zero attached hydrogens (tertiary/aromatic N) is 4. The Bertz CT molecular complexity index is 570. The highest BCUT2D eigenvalue weighted by molar-refractivity contribution is 5.34. The first-order chi connectivity index (χ1) is 9.40. The van der Waals surface area contributed by atoms with E-state index in [-0.39, 0.29) is 12.1 Å². The molecular formula is C12H16F3N5. The van der Waals surface area contributed by atoms with Crippen molar-refractivity contribution in [3.8, 4) is 0 Å². The maximum Gasteiger partial charge on any atom is 0.435 e. The van der Waals surface area contributed by atoms with E-state index in [9.17, 15) is 13.2 Å². The molecule has 0 saturated carbocycles. The SMILES string of the molecule is CCCn1ccc(NCc2cn(C)nc2C(F)(F)F)n1. The Labute approximate surface area is 114 Å². The van der Waals surface area contributed by atoms with Gasteiger partial charge in [-0.15, -0.1) is 0 Å². The third kappa shape index (κ3) is 3.31. The molecule has 8 heteroatoms. The fourth-order valence-electron chi connectivity index (χ4n) is 1.90. The van der Waals surface area contributed by atoms with Crippen LogP contribution in [0.2, 0.25) is 0 Å². The number of halogens is 3. The monoisotopic (exact) mass is 287 g/mol. The number of nitrogens with one attached hydrogen (secondary N) is 1. The molecule has 0 radical (unpaired) electrons. The maximum atomic E-state index is 12.8. The van der Waals surface area contributed by atoms with Gasteiger partial charge in [0.2, 0.25) is 0 Å². The molecule has 2 aromatic rings. The number of anilines is 1. The summed E-state index contributed by atoms with van der Waals surface area (Å²) in [7, 11) is 1.47. The van der Waals surface area contributed by atoms with E-state index >= 15 is 0 Å². The molecule has 0 aliphatic rings. The van der Waals surface area contributed by atoms with E-state index in [1.54, 1.807) is 16.9 Å². The molecule has 0 aliphatic heterocycles. The van der Waals surface area contributed by atoms with Crippen LogP contribution in [-0.2, 0) is 26.3 Å². The average molecular weight is 287 g/mol. The van der Waals surface area contributed by atoms with E-state index in [1.807, 2.05) is 6.92 Å². The highest BCUT2D eigenvalue weighted by atomic mass is 19.4. The van der Waals surface area contributed by atoms with Crippen LogP contribution in [0.4, 0.5) is 19.0 Å². The Balaban J connectivity index is 2.06. The summed E-state index contributed by atoms with van der Waals surface area (Å²) in [6.07, 6.45) is -0.347. The molecule has 0 fully saturated rings. The summed E-state index contributed by atoms with van der Waals surface area (Å²) < 4.78 is 41.2. The van der Waals surface area contributed by atoms with Crippen LogP contribution in [0, 0.1) is 0 Å². The molecule has 0 spiro atoms. The number of rotatable bonds is 5. The highest BCUT2D eigenvalue weighted by Crippen LogP contribution is 2.30. The largest absolute Gasteiger partial charge is 0.435 e. The van der Waals surface area contributed by atoms with E-state index in [0.29, 0.717) is 5.82 Å². The molecule has 2 rings (SSSR count). The summed E-state index contributed by atoms with van der Waals surface area (Å²) in [6.45, 7) is 2.84. The van der Waals surface area contributed by atoms with Crippen LogP contribution >= 0.6 is 0 Å². The Morgan fingerprint density at radius 1 is 1.30 bits per heavy atom. The van der Waals surface area contributed by atoms with Gasteiger partial charge in [-0.1, -0.05) is 6.92 Å². The van der Waals surface area contributed by atoms with Crippen LogP contribution in [0.25, 0.3) is 0 Å². The lowest BCUT2D eigenvalue weighted by Gasteiger charge is -2.06. The van der Waals surface area contributed by atoms with Gasteiger partial charge >= 0.3 is 6.18 Å². The zero-order valence-corrected chi connectivity index (χ0v) is 11.3. The molecule has 110 valence electrons. The maximum absolute atomic E-state index is 12.8. The summed E-state index contributed by atoms with van der Waals surface area (Å²) in [6, 6.07) is 1.74. The molecule has 0 unspecified atom stereocenters. The molecule has 0 saturated heterocycles. The number of aromatic nitrogens is 4. The molecule has 2 aromatic heterocycles. The van der Waals surface area contributed by atoms with Gasteiger partial charge in [-0.2, -0.15) is 23.4 Å². The minimum atomic E-state index is -4.44. The van der Waals surface area contributed by atoms with E-state index in [2.05, 4.69) is 15.5 Å². The Morgan fingerprint density at radius 3 is 2.70 bits per heavy atom. The van der Waals surface area contributed by atoms with Gasteiger partial charge in [0, 0.05) is 44.2 Å². The van der Waals surface area contributed by atoms with Crippen molar-refractivity contribution in [2.75, 3.05) is 5.32 Å². The smallest absolute Gasteiger partial charge is 0.364 e. The molecular weight excluding hydrogens is 271 g/mol. The molecule has 0 bridgehead atoms. The first-order valence-electron chi connectivity index (χ1n) is 6.27. The first-order valence-corrected chi connectivity index (χ1v) is 6.27. The summed E-state index contributed by atoms with van der Waals surface area (Å²) >= 11 is 0. The van der Waals surface area contributed by atoms with Gasteiger partial charge < -0.3 is 5.32 Å². The molecule has 2 heterocycles. The van der Waals surface area contributed by atoms with Crippen LogP contribution in [0.15, 0.2) is 18.5 Å². The van der Waals surface area contributed by atoms with Gasteiger partial charge in [0.15, 0.2) is 5.69 Å². The molecule has 5 nitrogen and oxygen atoms in total. The third-order valence-electron chi connectivity index (χ3n) is 2.73. The lowest BCUT2D eigenvalue weighted by atomic mass is 10.2. The van der Waals surface area contributed by atoms with E-state index in [0.717, 1.165) is 17.6 Å². The number of hydrogen-bond donors (Lipinski definition) is 1. The predicted octanol–water partition coefficient (Wildman–Crippen LogP) is 2.66. The van der Waals surface area contributed by atoms with Crippen LogP contribution in [-0.4, -0.2) is 19.6 Å². The number of aryl methyl sites for hydroxylation is 2. The minimum absolute atomic E-state index is 0.0336. The number of alkyl halides is 3. The fourth-order valence-corrected chi connectivity index (χ4v) is 1.90. The second-order valence-corrected chi connectivity index (χ2v) is 4.49. The van der Waals surface area contributed by atoms with Crippen LogP contribution in [0.1, 0.15) is 24.6 Å². The zero-order valence-electron chi connectivity index (χ0n) is 11.3. The average Bonchev–Trinajstić information content (AvgIpc) is 2.93. The van der Waals surface area contributed by atoms with Gasteiger partial charge in [0.25, 0.3) is 0 Å². The van der Waals surface area contributed by atoms with Gasteiger partial charge in [0.05, 0.1) is 0 Å². The van der Waals surface area contributed by atoms with Crippen molar-refractivity contribution in [3.63, 3.8) is 0 Å². The van der Waals surface area contributed by atoms with Crippen molar-refractivity contribution >= 4 is 5.82 Å². The number of hydrogen-bond acceptors (Lipinski definition) is 3. The van der Waals surface area contributed by atoms with Crippen LogP contribution in [0.3, 0.4) is 0 Å². The lowest BCUT2D eigenvalue weighted by molar-refractivity contribution is -0.142. The van der Waals surface area contributed by atoms with Crippen molar-refractivity contribution in [2.24, 2.45) is 7.05 Å². The quantitative estimate of drug-likeness (QED) is 0.919. The second kappa shape index (κ2) is 5.56. The normalized spacial score (nSPS) is 11.8. The van der Waals surface area contributed by atoms with Crippen molar-refractivity contribution in [1.82, 2.24) is 19.6 Å². The fraction of sp³-hybridized carbons (Fsp3) is 0.500. The lowest BCUT2D eigenvalue weighted by Crippen LogP contribution is -2.11. The molecule has 0 atom stereocenters. The van der Waals surface area contributed by atoms with Crippen molar-refractivity contribution in [3.05, 3.63) is 29.7 Å². The van der Waals surface area contributed by atoms with Crippen molar-refractivity contribution < 1.29 is 13.2 Å². The Hall–Kier alpha value is -1.99. The van der Waals surface area contributed by atoms with Gasteiger partial charge in [-0.25, -0.2) is 0 Å². The van der Waals surface area contributed by atoms with Gasteiger partial charge in [0.1, 0.15) is 5.82 Å². The predicted molar refractivity (Wildman–Crippen MR) is 68.1 cm³/mol. The molecule has 0 aromatic carbocycles. The third-order valence-corrected chi connectivity index (χ3v) is 2.73. The highest BCUT2D eigenvalue weighted by Gasteiger charge is 2.36. The Morgan fingerprint density at radius 2 is 2.05 bits per heavy atom. The molecule has 1 N–H and O–H groups in total. The summed E-state index contributed by atoms with van der Waals surface area (Å²) in [5, 5.41) is 10.5. The van der Waals surface area contributed by atoms with Crippen molar-refractivity contribution in [2.45, 2.75) is 32.6 Å². The zero-order chi connectivity index (χ0) is 14.8. The standard InChI is InChI=1S/C12H16F3N5/c1-3-5-20-6-4-10(17-20)16-7-9-8-19(2)18-11(9)12(13,14)15/h4,6,8H,3,5,7H2,1-2H3,(H,16,17). The minimum Gasteiger partial charge on any atom is -0.364 e. The van der Waals surface area contributed by atoms with E-state index in [4.69, 9.17) is 0 Å².